The summed E-state index contributed by atoms with van der Waals surface area (Å²) in [6, 6.07) is 0. The molecule has 2 N–H and O–H groups in total. The fourth-order valence-corrected chi connectivity index (χ4v) is 1.31. The van der Waals surface area contributed by atoms with Gasteiger partial charge in [-0.05, 0) is 12.5 Å². The van der Waals surface area contributed by atoms with E-state index in [-0.39, 0.29) is 6.61 Å². The average molecular weight is 188 g/mol. The highest BCUT2D eigenvalue weighted by Crippen LogP contribution is 2.32. The van der Waals surface area contributed by atoms with Crippen molar-refractivity contribution in [3.63, 3.8) is 0 Å². The molecule has 4 nitrogen and oxygen atoms in total. The molecule has 0 aromatic heterocycles. The van der Waals surface area contributed by atoms with Gasteiger partial charge in [0.1, 0.15) is 0 Å². The van der Waals surface area contributed by atoms with Gasteiger partial charge < -0.3 is 4.52 Å². The van der Waals surface area contributed by atoms with Gasteiger partial charge in [-0.15, -0.1) is 0 Å². The van der Waals surface area contributed by atoms with Gasteiger partial charge in [0.2, 0.25) is 0 Å². The number of nitrogens with two attached hydrogens (primary N) is 1. The smallest absolute Gasteiger partial charge is 0.264 e. The Morgan fingerprint density at radius 2 is 2.50 bits per heavy atom. The van der Waals surface area contributed by atoms with E-state index < -0.39 is 7.52 Å². The van der Waals surface area contributed by atoms with Crippen molar-refractivity contribution in [2.75, 3.05) is 13.3 Å². The predicted octanol–water partition coefficient (Wildman–Crippen LogP) is 1.53. The molecule has 0 radical (unpaired) electrons. The van der Waals surface area contributed by atoms with Crippen molar-refractivity contribution in [2.24, 2.45) is 10.5 Å². The Hall–Kier alpha value is -0.440. The van der Waals surface area contributed by atoms with Crippen LogP contribution in [-0.2, 0) is 9.09 Å². The summed E-state index contributed by atoms with van der Waals surface area (Å²) >= 11 is 0. The molecular formula is C7H13N2O2P. The minimum atomic E-state index is -2.84. The van der Waals surface area contributed by atoms with Crippen LogP contribution in [0.15, 0.2) is 16.8 Å². The van der Waals surface area contributed by atoms with E-state index >= 15 is 0 Å². The zero-order valence-corrected chi connectivity index (χ0v) is 8.17. The quantitative estimate of drug-likeness (QED) is 0.683. The van der Waals surface area contributed by atoms with Crippen LogP contribution in [0.4, 0.5) is 0 Å². The Morgan fingerprint density at radius 1 is 1.83 bits per heavy atom. The fraction of sp³-hybridized carbons (Fsp3) is 0.571. The second-order valence-corrected chi connectivity index (χ2v) is 5.11. The molecule has 1 heterocycles. The summed E-state index contributed by atoms with van der Waals surface area (Å²) in [4.78, 5) is 4.07. The molecule has 0 spiro atoms. The molecule has 0 saturated carbocycles. The minimum Gasteiger partial charge on any atom is -0.312 e. The van der Waals surface area contributed by atoms with E-state index in [9.17, 15) is 4.57 Å². The lowest BCUT2D eigenvalue weighted by atomic mass is 10.2. The van der Waals surface area contributed by atoms with Gasteiger partial charge >= 0.3 is 0 Å². The summed E-state index contributed by atoms with van der Waals surface area (Å²) in [6.07, 6.45) is 2.59. The van der Waals surface area contributed by atoms with Crippen molar-refractivity contribution in [1.29, 1.82) is 0 Å². The summed E-state index contributed by atoms with van der Waals surface area (Å²) in [6.45, 7) is 3.66. The van der Waals surface area contributed by atoms with Crippen LogP contribution in [0.2, 0.25) is 0 Å². The van der Waals surface area contributed by atoms with Gasteiger partial charge in [-0.1, -0.05) is 0 Å². The highest BCUT2D eigenvalue weighted by atomic mass is 31.2. The van der Waals surface area contributed by atoms with Gasteiger partial charge in [0, 0.05) is 25.0 Å². The topological polar surface area (TPSA) is 64.7 Å². The molecule has 0 amide bonds. The fourth-order valence-electron chi connectivity index (χ4n) is 0.906. The van der Waals surface area contributed by atoms with Crippen molar-refractivity contribution in [3.8, 4) is 0 Å². The van der Waals surface area contributed by atoms with Crippen LogP contribution >= 0.6 is 7.52 Å². The van der Waals surface area contributed by atoms with Crippen LogP contribution in [0.3, 0.4) is 0 Å². The Bertz CT molecular complexity index is 277. The molecule has 0 fully saturated rings. The maximum absolute atomic E-state index is 10.9. The van der Waals surface area contributed by atoms with Crippen molar-refractivity contribution in [3.05, 3.63) is 11.8 Å². The van der Waals surface area contributed by atoms with Crippen molar-refractivity contribution >= 4 is 13.2 Å². The molecule has 68 valence electrons. The van der Waals surface area contributed by atoms with Crippen molar-refractivity contribution in [2.45, 2.75) is 13.3 Å². The summed E-state index contributed by atoms with van der Waals surface area (Å²) in [7, 11) is -2.84. The number of allylic oxidation sites excluding steroid dienone is 1. The van der Waals surface area contributed by atoms with Crippen molar-refractivity contribution in [1.82, 2.24) is 0 Å². The Labute approximate surface area is 72.0 Å². The van der Waals surface area contributed by atoms with E-state index in [0.717, 1.165) is 12.1 Å². The maximum atomic E-state index is 10.9. The van der Waals surface area contributed by atoms with E-state index in [4.69, 9.17) is 10.0 Å². The normalized spacial score (nSPS) is 21.6. The van der Waals surface area contributed by atoms with Crippen molar-refractivity contribution < 1.29 is 9.09 Å². The van der Waals surface area contributed by atoms with E-state index in [1.54, 1.807) is 6.20 Å². The number of rotatable bonds is 3. The molecule has 0 aromatic rings. The zero-order valence-electron chi connectivity index (χ0n) is 7.28. The van der Waals surface area contributed by atoms with Gasteiger partial charge in [0.25, 0.3) is 7.52 Å². The third kappa shape index (κ3) is 3.30. The zero-order chi connectivity index (χ0) is 9.19. The lowest BCUT2D eigenvalue weighted by Crippen LogP contribution is -2.08. The summed E-state index contributed by atoms with van der Waals surface area (Å²) in [5.74, 6) is 0. The molecule has 0 aromatic carbocycles. The molecule has 5 heteroatoms. The standard InChI is InChI=1S/C7H13N2O2P/c1-6-3-7(9-4-6)5-11-12(2,8)10/h4H,3,5H2,1-2H3,(H2,8,10). The molecule has 0 saturated heterocycles. The Morgan fingerprint density at radius 3 is 2.92 bits per heavy atom. The first-order chi connectivity index (χ1) is 5.47. The van der Waals surface area contributed by atoms with Crippen LogP contribution in [-0.4, -0.2) is 19.0 Å². The van der Waals surface area contributed by atoms with E-state index in [1.165, 1.54) is 12.2 Å². The molecule has 1 aliphatic rings. The number of hydrogen-bond donors (Lipinski definition) is 1. The predicted molar refractivity (Wildman–Crippen MR) is 49.5 cm³/mol. The Balaban J connectivity index is 2.33. The van der Waals surface area contributed by atoms with Gasteiger partial charge in [-0.2, -0.15) is 0 Å². The van der Waals surface area contributed by atoms with E-state index in [1.807, 2.05) is 6.92 Å². The monoisotopic (exact) mass is 188 g/mol. The largest absolute Gasteiger partial charge is 0.312 e. The SMILES string of the molecule is CC1=CN=C(COP(C)(N)=O)C1. The number of aliphatic imine (C=N–C) groups is 1. The highest BCUT2D eigenvalue weighted by Gasteiger charge is 2.12. The molecule has 0 aliphatic carbocycles. The number of hydrogen-bond acceptors (Lipinski definition) is 3. The lowest BCUT2D eigenvalue weighted by molar-refractivity contribution is 0.368. The van der Waals surface area contributed by atoms with Crippen LogP contribution in [0.1, 0.15) is 13.3 Å². The first-order valence-corrected chi connectivity index (χ1v) is 5.83. The second-order valence-electron chi connectivity index (χ2n) is 3.03. The summed E-state index contributed by atoms with van der Waals surface area (Å²) in [5, 5.41) is 0. The lowest BCUT2D eigenvalue weighted by Gasteiger charge is -2.07. The first-order valence-electron chi connectivity index (χ1n) is 3.69. The molecule has 0 bridgehead atoms. The summed E-state index contributed by atoms with van der Waals surface area (Å²) in [5.41, 5.74) is 7.29. The van der Waals surface area contributed by atoms with Crippen LogP contribution < -0.4 is 5.50 Å². The third-order valence-corrected chi connectivity index (χ3v) is 2.08. The molecule has 1 aliphatic heterocycles. The highest BCUT2D eigenvalue weighted by molar-refractivity contribution is 7.55. The van der Waals surface area contributed by atoms with Crippen LogP contribution in [0, 0.1) is 0 Å². The average Bonchev–Trinajstić information content (AvgIpc) is 2.30. The molecule has 1 rings (SSSR count). The van der Waals surface area contributed by atoms with Crippen LogP contribution in [0.25, 0.3) is 0 Å². The maximum Gasteiger partial charge on any atom is 0.264 e. The molecule has 1 unspecified atom stereocenters. The van der Waals surface area contributed by atoms with Gasteiger partial charge in [-0.3, -0.25) is 15.1 Å². The second kappa shape index (κ2) is 3.52. The molecule has 1 atom stereocenters. The molecular weight excluding hydrogens is 175 g/mol. The molecule has 12 heavy (non-hydrogen) atoms. The Kier molecular flexibility index (Phi) is 2.83. The number of nitrogens with zero attached hydrogens (tertiary/aromatic N) is 1. The first kappa shape index (κ1) is 9.65. The third-order valence-electron chi connectivity index (χ3n) is 1.44. The van der Waals surface area contributed by atoms with E-state index in [2.05, 4.69) is 4.99 Å². The minimum absolute atomic E-state index is 0.276. The van der Waals surface area contributed by atoms with Gasteiger partial charge in [-0.25, -0.2) is 0 Å². The van der Waals surface area contributed by atoms with E-state index in [0.29, 0.717) is 0 Å². The van der Waals surface area contributed by atoms with Gasteiger partial charge in [0.05, 0.1) is 6.61 Å². The van der Waals surface area contributed by atoms with Gasteiger partial charge in [0.15, 0.2) is 0 Å². The van der Waals surface area contributed by atoms with Crippen LogP contribution in [0.5, 0.6) is 0 Å². The summed E-state index contributed by atoms with van der Waals surface area (Å²) < 4.78 is 15.9.